The van der Waals surface area contributed by atoms with Crippen LogP contribution >= 0.6 is 0 Å². The first-order valence-corrected chi connectivity index (χ1v) is 10.9. The van der Waals surface area contributed by atoms with E-state index in [2.05, 4.69) is 41.4 Å². The van der Waals surface area contributed by atoms with E-state index in [1.165, 1.54) is 25.2 Å². The Morgan fingerprint density at radius 3 is 2.78 bits per heavy atom. The minimum atomic E-state index is -0.251. The van der Waals surface area contributed by atoms with E-state index in [0.29, 0.717) is 42.9 Å². The van der Waals surface area contributed by atoms with E-state index in [9.17, 15) is 4.79 Å². The van der Waals surface area contributed by atoms with Crippen molar-refractivity contribution in [3.05, 3.63) is 29.8 Å². The molecule has 1 aliphatic heterocycles. The minimum absolute atomic E-state index is 0.00730. The van der Waals surface area contributed by atoms with Gasteiger partial charge in [0.05, 0.1) is 30.8 Å². The Morgan fingerprint density at radius 2 is 2.06 bits per heavy atom. The van der Waals surface area contributed by atoms with Crippen molar-refractivity contribution >= 4 is 23.2 Å². The van der Waals surface area contributed by atoms with Gasteiger partial charge >= 0.3 is 0 Å². The number of carbonyl (C=O) groups is 1. The molecule has 32 heavy (non-hydrogen) atoms. The fourth-order valence-corrected chi connectivity index (χ4v) is 3.85. The third-order valence-electron chi connectivity index (χ3n) is 5.58. The number of carbonyl (C=O) groups excluding carboxylic acids is 1. The second kappa shape index (κ2) is 10.8. The van der Waals surface area contributed by atoms with Crippen molar-refractivity contribution in [3.8, 4) is 6.07 Å². The zero-order valence-corrected chi connectivity index (χ0v) is 17.8. The molecule has 1 saturated heterocycles. The van der Waals surface area contributed by atoms with Crippen LogP contribution in [0, 0.1) is 17.2 Å². The summed E-state index contributed by atoms with van der Waals surface area (Å²) in [7, 11) is 0. The first kappa shape index (κ1) is 21.9. The van der Waals surface area contributed by atoms with Crippen molar-refractivity contribution < 1.29 is 9.53 Å². The molecule has 11 heteroatoms. The van der Waals surface area contributed by atoms with E-state index in [-0.39, 0.29) is 23.4 Å². The van der Waals surface area contributed by atoms with Gasteiger partial charge in [-0.15, -0.1) is 10.2 Å². The van der Waals surface area contributed by atoms with Crippen LogP contribution in [0.15, 0.2) is 18.5 Å². The van der Waals surface area contributed by atoms with Crippen molar-refractivity contribution in [1.82, 2.24) is 30.8 Å². The number of rotatable bonds is 8. The Kier molecular flexibility index (Phi) is 7.37. The van der Waals surface area contributed by atoms with Crippen LogP contribution in [0.5, 0.6) is 0 Å². The molecule has 1 atom stereocenters. The number of aromatic nitrogens is 4. The number of nitrogens with zero attached hydrogens (tertiary/aromatic N) is 5. The summed E-state index contributed by atoms with van der Waals surface area (Å²) in [5, 5.41) is 29.8. The highest BCUT2D eigenvalue weighted by Gasteiger charge is 2.21. The van der Waals surface area contributed by atoms with E-state index in [0.717, 1.165) is 25.9 Å². The molecule has 2 fully saturated rings. The van der Waals surface area contributed by atoms with Gasteiger partial charge in [0.15, 0.2) is 17.2 Å². The molecule has 1 aliphatic carbocycles. The second-order valence-corrected chi connectivity index (χ2v) is 7.95. The Bertz CT molecular complexity index is 949. The number of nitriles is 1. The van der Waals surface area contributed by atoms with Gasteiger partial charge in [-0.25, -0.2) is 9.97 Å². The molecule has 11 nitrogen and oxygen atoms in total. The predicted octanol–water partition coefficient (Wildman–Crippen LogP) is 1.20. The zero-order chi connectivity index (χ0) is 22.2. The Balaban J connectivity index is 1.47. The first-order valence-electron chi connectivity index (χ1n) is 10.9. The van der Waals surface area contributed by atoms with Crippen molar-refractivity contribution in [2.45, 2.75) is 31.8 Å². The maximum Gasteiger partial charge on any atom is 0.273 e. The highest BCUT2D eigenvalue weighted by Crippen LogP contribution is 2.24. The molecule has 1 saturated carbocycles. The number of hydrogen-bond acceptors (Lipinski definition) is 10. The molecule has 1 amide bonds. The van der Waals surface area contributed by atoms with Gasteiger partial charge in [0.1, 0.15) is 11.9 Å². The fourth-order valence-electron chi connectivity index (χ4n) is 3.85. The van der Waals surface area contributed by atoms with Gasteiger partial charge in [0, 0.05) is 32.2 Å². The smallest absolute Gasteiger partial charge is 0.273 e. The quantitative estimate of drug-likeness (QED) is 0.474. The summed E-state index contributed by atoms with van der Waals surface area (Å²) >= 11 is 0. The van der Waals surface area contributed by atoms with Crippen LogP contribution < -0.4 is 21.3 Å². The van der Waals surface area contributed by atoms with Gasteiger partial charge < -0.3 is 26.0 Å². The van der Waals surface area contributed by atoms with Gasteiger partial charge in [0.25, 0.3) is 5.91 Å². The highest BCUT2D eigenvalue weighted by atomic mass is 16.5. The van der Waals surface area contributed by atoms with Crippen LogP contribution in [0.4, 0.5) is 17.3 Å². The fraction of sp³-hybridized carbons (Fsp3) is 0.524. The third-order valence-corrected chi connectivity index (χ3v) is 5.58. The normalized spacial score (nSPS) is 18.7. The van der Waals surface area contributed by atoms with Crippen molar-refractivity contribution in [1.29, 1.82) is 5.26 Å². The number of amides is 1. The summed E-state index contributed by atoms with van der Waals surface area (Å²) in [5.74, 6) is 1.10. The second-order valence-electron chi connectivity index (χ2n) is 7.95. The van der Waals surface area contributed by atoms with Crippen LogP contribution in [0.1, 0.15) is 41.9 Å². The molecule has 4 rings (SSSR count). The van der Waals surface area contributed by atoms with Crippen molar-refractivity contribution in [3.63, 3.8) is 0 Å². The molecule has 0 bridgehead atoms. The van der Waals surface area contributed by atoms with E-state index < -0.39 is 0 Å². The number of morpholine rings is 1. The van der Waals surface area contributed by atoms with E-state index in [1.54, 1.807) is 6.07 Å². The lowest BCUT2D eigenvalue weighted by atomic mass is 10.1. The van der Waals surface area contributed by atoms with Crippen LogP contribution in [0.25, 0.3) is 0 Å². The standard InChI is InChI=1S/C21H27N9O2/c22-8-15-10-26-19(13-24-15)28-18-7-17(25-12-16-11-23-5-6-32-16)20(30-29-18)21(31)27-9-14-3-1-2-4-14/h7,10,13-14,16,23H,1-6,9,11-12H2,(H,27,31)(H2,25,26,28,29). The Hall–Kier alpha value is -3.36. The van der Waals surface area contributed by atoms with Gasteiger partial charge in [-0.05, 0) is 18.8 Å². The summed E-state index contributed by atoms with van der Waals surface area (Å²) in [4.78, 5) is 21.0. The van der Waals surface area contributed by atoms with Gasteiger partial charge in [-0.3, -0.25) is 4.79 Å². The SMILES string of the molecule is N#Cc1cnc(Nc2cc(NCC3CNCCO3)c(C(=O)NCC3CCCC3)nn2)cn1. The summed E-state index contributed by atoms with van der Waals surface area (Å²) in [6, 6.07) is 3.64. The molecule has 1 unspecified atom stereocenters. The lowest BCUT2D eigenvalue weighted by molar-refractivity contribution is 0.0372. The molecule has 168 valence electrons. The molecular weight excluding hydrogens is 410 g/mol. The Labute approximate surface area is 186 Å². The maximum atomic E-state index is 12.8. The first-order chi connectivity index (χ1) is 15.7. The molecule has 0 radical (unpaired) electrons. The summed E-state index contributed by atoms with van der Waals surface area (Å²) in [6.07, 6.45) is 7.55. The summed E-state index contributed by atoms with van der Waals surface area (Å²) in [5.41, 5.74) is 1.02. The lowest BCUT2D eigenvalue weighted by Crippen LogP contribution is -2.42. The van der Waals surface area contributed by atoms with Crippen molar-refractivity contribution in [2.75, 3.05) is 43.4 Å². The van der Waals surface area contributed by atoms with Gasteiger partial charge in [-0.1, -0.05) is 12.8 Å². The number of anilines is 3. The van der Waals surface area contributed by atoms with Gasteiger partial charge in [0.2, 0.25) is 0 Å². The van der Waals surface area contributed by atoms with E-state index >= 15 is 0 Å². The van der Waals surface area contributed by atoms with Crippen LogP contribution in [0.3, 0.4) is 0 Å². The molecule has 0 spiro atoms. The predicted molar refractivity (Wildman–Crippen MR) is 117 cm³/mol. The summed E-state index contributed by atoms with van der Waals surface area (Å²) in [6.45, 7) is 3.40. The largest absolute Gasteiger partial charge is 0.380 e. The van der Waals surface area contributed by atoms with Crippen molar-refractivity contribution in [2.24, 2.45) is 5.92 Å². The third kappa shape index (κ3) is 5.87. The van der Waals surface area contributed by atoms with Crippen LogP contribution in [0.2, 0.25) is 0 Å². The summed E-state index contributed by atoms with van der Waals surface area (Å²) < 4.78 is 5.74. The Morgan fingerprint density at radius 1 is 1.19 bits per heavy atom. The van der Waals surface area contributed by atoms with Crippen LogP contribution in [-0.4, -0.2) is 65.0 Å². The molecule has 0 aromatic carbocycles. The van der Waals surface area contributed by atoms with Crippen LogP contribution in [-0.2, 0) is 4.74 Å². The number of hydrogen-bond donors (Lipinski definition) is 4. The number of nitrogens with one attached hydrogen (secondary N) is 4. The van der Waals surface area contributed by atoms with Gasteiger partial charge in [-0.2, -0.15) is 5.26 Å². The topological polar surface area (TPSA) is 150 Å². The minimum Gasteiger partial charge on any atom is -0.380 e. The molecular formula is C21H27N9O2. The zero-order valence-electron chi connectivity index (χ0n) is 17.8. The van der Waals surface area contributed by atoms with E-state index in [4.69, 9.17) is 10.00 Å². The lowest BCUT2D eigenvalue weighted by Gasteiger charge is -2.24. The molecule has 2 aromatic heterocycles. The molecule has 4 N–H and O–H groups in total. The number of ether oxygens (including phenoxy) is 1. The average molecular weight is 438 g/mol. The molecule has 2 aliphatic rings. The van der Waals surface area contributed by atoms with E-state index in [1.807, 2.05) is 6.07 Å². The molecule has 3 heterocycles. The highest BCUT2D eigenvalue weighted by molar-refractivity contribution is 5.97. The molecule has 2 aromatic rings. The maximum absolute atomic E-state index is 12.8. The monoisotopic (exact) mass is 437 g/mol. The average Bonchev–Trinajstić information content (AvgIpc) is 3.36.